The Morgan fingerprint density at radius 3 is 2.10 bits per heavy atom. The molecule has 0 aromatic heterocycles. The second-order valence-corrected chi connectivity index (χ2v) is 9.94. The van der Waals surface area contributed by atoms with Gasteiger partial charge in [0.1, 0.15) is 4.58 Å². The fourth-order valence-corrected chi connectivity index (χ4v) is 4.98. The van der Waals surface area contributed by atoms with Crippen molar-refractivity contribution in [2.24, 2.45) is 0 Å². The van der Waals surface area contributed by atoms with E-state index < -0.39 is 11.9 Å². The predicted octanol–water partition coefficient (Wildman–Crippen LogP) is 6.54. The van der Waals surface area contributed by atoms with E-state index in [1.807, 2.05) is 12.1 Å². The van der Waals surface area contributed by atoms with E-state index in [1.54, 1.807) is 23.5 Å². The van der Waals surface area contributed by atoms with Crippen LogP contribution in [0.4, 0.5) is 0 Å². The maximum absolute atomic E-state index is 10.7. The zero-order valence-electron chi connectivity index (χ0n) is 18.3. The van der Waals surface area contributed by atoms with E-state index in [4.69, 9.17) is 10.2 Å². The average molecular weight is 463 g/mol. The Balaban J connectivity index is 2.56. The lowest BCUT2D eigenvalue weighted by Crippen LogP contribution is -2.01. The van der Waals surface area contributed by atoms with Crippen LogP contribution in [-0.4, -0.2) is 38.2 Å². The Kier molecular flexibility index (Phi) is 15.6. The normalized spacial score (nSPS) is 10.9. The van der Waals surface area contributed by atoms with Crippen molar-refractivity contribution >= 4 is 41.5 Å². The molecule has 0 aliphatic carbocycles. The van der Waals surface area contributed by atoms with Crippen LogP contribution < -0.4 is 0 Å². The molecule has 0 aliphatic rings. The molecule has 0 radical (unpaired) electrons. The second-order valence-electron chi connectivity index (χ2n) is 7.21. The van der Waals surface area contributed by atoms with Gasteiger partial charge in [-0.1, -0.05) is 62.3 Å². The minimum Gasteiger partial charge on any atom is -0.481 e. The third kappa shape index (κ3) is 15.6. The van der Waals surface area contributed by atoms with Crippen molar-refractivity contribution in [3.8, 4) is 11.8 Å². The summed E-state index contributed by atoms with van der Waals surface area (Å²) in [6.07, 6.45) is 12.1. The summed E-state index contributed by atoms with van der Waals surface area (Å²) < 4.78 is 0.00489. The quantitative estimate of drug-likeness (QED) is 0.165. The number of carboxylic acids is 2. The number of aliphatic carboxylic acids is 2. The summed E-state index contributed by atoms with van der Waals surface area (Å²) in [6, 6.07) is 8.18. The van der Waals surface area contributed by atoms with Gasteiger partial charge in [0.05, 0.1) is 0 Å². The number of hydrogen-bond acceptors (Lipinski definition) is 4. The smallest absolute Gasteiger partial charge is 0.303 e. The number of rotatable bonds is 16. The molecule has 0 aliphatic heterocycles. The first-order valence-electron chi connectivity index (χ1n) is 11.0. The van der Waals surface area contributed by atoms with Crippen molar-refractivity contribution in [3.05, 3.63) is 41.5 Å². The molecule has 31 heavy (non-hydrogen) atoms. The Hall–Kier alpha value is -1.84. The Bertz CT molecular complexity index is 710. The third-order valence-corrected chi connectivity index (χ3v) is 7.09. The highest BCUT2D eigenvalue weighted by Gasteiger charge is 2.08. The second kappa shape index (κ2) is 17.8. The van der Waals surface area contributed by atoms with Crippen molar-refractivity contribution < 1.29 is 19.8 Å². The van der Waals surface area contributed by atoms with E-state index in [1.165, 1.54) is 31.2 Å². The lowest BCUT2D eigenvalue weighted by Gasteiger charge is -2.09. The van der Waals surface area contributed by atoms with Gasteiger partial charge in [0.25, 0.3) is 0 Å². The highest BCUT2D eigenvalue weighted by atomic mass is 32.2. The molecule has 0 spiro atoms. The van der Waals surface area contributed by atoms with Gasteiger partial charge < -0.3 is 10.2 Å². The van der Waals surface area contributed by atoms with E-state index in [9.17, 15) is 9.59 Å². The molecular weight excluding hydrogens is 428 g/mol. The van der Waals surface area contributed by atoms with E-state index in [-0.39, 0.29) is 17.4 Å². The van der Waals surface area contributed by atoms with Gasteiger partial charge in [-0.15, -0.1) is 23.5 Å². The fourth-order valence-electron chi connectivity index (χ4n) is 2.69. The van der Waals surface area contributed by atoms with Crippen LogP contribution in [0, 0.1) is 11.8 Å². The van der Waals surface area contributed by atoms with Crippen molar-refractivity contribution in [1.82, 2.24) is 0 Å². The molecular formula is C25H34O4S2. The zero-order valence-corrected chi connectivity index (χ0v) is 20.0. The number of carbonyl (C=O) groups is 2. The summed E-state index contributed by atoms with van der Waals surface area (Å²) in [4.78, 5) is 21.4. The van der Waals surface area contributed by atoms with Crippen LogP contribution in [0.2, 0.25) is 0 Å². The van der Waals surface area contributed by atoms with Gasteiger partial charge in [-0.2, -0.15) is 0 Å². The lowest BCUT2D eigenvalue weighted by molar-refractivity contribution is -0.138. The topological polar surface area (TPSA) is 74.6 Å². The first-order valence-corrected chi connectivity index (χ1v) is 13.1. The molecule has 4 nitrogen and oxygen atoms in total. The zero-order chi connectivity index (χ0) is 22.7. The number of unbranched alkanes of at least 4 members (excludes halogenated alkanes) is 4. The molecule has 2 N–H and O–H groups in total. The minimum atomic E-state index is -0.785. The van der Waals surface area contributed by atoms with Gasteiger partial charge in [-0.25, -0.2) is 0 Å². The standard InChI is InChI=1S/C25H34O4S2/c1-2-3-4-5-6-7-10-21-13-15-22(16-14-21)17-18-25(30-19-8-11-23(26)27)31-20-9-12-24(28)29/h7,10,13-16,25H,2-6,8-9,11-12,19-20H2,1H3,(H,26,27)(H,28,29). The van der Waals surface area contributed by atoms with Crippen molar-refractivity contribution in [1.29, 1.82) is 0 Å². The Morgan fingerprint density at radius 1 is 0.935 bits per heavy atom. The molecule has 0 bridgehead atoms. The molecule has 0 unspecified atom stereocenters. The summed E-state index contributed by atoms with van der Waals surface area (Å²) in [5, 5.41) is 17.6. The first-order chi connectivity index (χ1) is 15.0. The Labute approximate surface area is 195 Å². The number of hydrogen-bond donors (Lipinski definition) is 2. The van der Waals surface area contributed by atoms with Crippen LogP contribution in [-0.2, 0) is 9.59 Å². The maximum atomic E-state index is 10.7. The number of thioether (sulfide) groups is 2. The highest BCUT2D eigenvalue weighted by molar-refractivity contribution is 8.17. The average Bonchev–Trinajstić information content (AvgIpc) is 2.74. The molecule has 0 fully saturated rings. The van der Waals surface area contributed by atoms with Gasteiger partial charge in [-0.3, -0.25) is 9.59 Å². The van der Waals surface area contributed by atoms with E-state index in [0.29, 0.717) is 12.8 Å². The van der Waals surface area contributed by atoms with Crippen LogP contribution in [0.15, 0.2) is 30.3 Å². The fraction of sp³-hybridized carbons (Fsp3) is 0.520. The van der Waals surface area contributed by atoms with E-state index in [0.717, 1.165) is 23.5 Å². The number of allylic oxidation sites excluding steroid dienone is 1. The summed E-state index contributed by atoms with van der Waals surface area (Å²) in [7, 11) is 0. The van der Waals surface area contributed by atoms with Crippen molar-refractivity contribution in [2.45, 2.75) is 69.3 Å². The molecule has 0 heterocycles. The van der Waals surface area contributed by atoms with Gasteiger partial charge in [-0.05, 0) is 54.9 Å². The van der Waals surface area contributed by atoms with Gasteiger partial charge in [0.2, 0.25) is 0 Å². The molecule has 170 valence electrons. The van der Waals surface area contributed by atoms with Crippen LogP contribution in [0.3, 0.4) is 0 Å². The van der Waals surface area contributed by atoms with Crippen LogP contribution in [0.1, 0.15) is 75.8 Å². The summed E-state index contributed by atoms with van der Waals surface area (Å²) in [6.45, 7) is 2.22. The molecule has 0 atom stereocenters. The van der Waals surface area contributed by atoms with Crippen LogP contribution in [0.25, 0.3) is 6.08 Å². The monoisotopic (exact) mass is 462 g/mol. The molecule has 1 aromatic carbocycles. The van der Waals surface area contributed by atoms with Gasteiger partial charge in [0.15, 0.2) is 0 Å². The lowest BCUT2D eigenvalue weighted by atomic mass is 10.1. The molecule has 1 rings (SSSR count). The molecule has 0 saturated heterocycles. The maximum Gasteiger partial charge on any atom is 0.303 e. The molecule has 6 heteroatoms. The van der Waals surface area contributed by atoms with Crippen molar-refractivity contribution in [3.63, 3.8) is 0 Å². The van der Waals surface area contributed by atoms with E-state index in [2.05, 4.69) is 43.0 Å². The number of benzene rings is 1. The summed E-state index contributed by atoms with van der Waals surface area (Å²) in [5.41, 5.74) is 2.12. The minimum absolute atomic E-state index is 0.00489. The Morgan fingerprint density at radius 2 is 1.55 bits per heavy atom. The summed E-state index contributed by atoms with van der Waals surface area (Å²) in [5.74, 6) is 6.35. The molecule has 0 saturated carbocycles. The number of carboxylic acid groups (broad SMARTS) is 2. The first kappa shape index (κ1) is 27.2. The van der Waals surface area contributed by atoms with Gasteiger partial charge >= 0.3 is 11.9 Å². The molecule has 1 aromatic rings. The van der Waals surface area contributed by atoms with Crippen LogP contribution in [0.5, 0.6) is 0 Å². The van der Waals surface area contributed by atoms with Gasteiger partial charge in [0, 0.05) is 18.4 Å². The largest absolute Gasteiger partial charge is 0.481 e. The van der Waals surface area contributed by atoms with Crippen LogP contribution >= 0.6 is 23.5 Å². The third-order valence-electron chi connectivity index (χ3n) is 4.39. The van der Waals surface area contributed by atoms with E-state index >= 15 is 0 Å². The molecule has 0 amide bonds. The highest BCUT2D eigenvalue weighted by Crippen LogP contribution is 2.25. The summed E-state index contributed by atoms with van der Waals surface area (Å²) >= 11 is 3.26. The van der Waals surface area contributed by atoms with Crippen molar-refractivity contribution in [2.75, 3.05) is 11.5 Å². The SMILES string of the molecule is CCCCCCC=Cc1ccc(C#CC(SCCCC(=O)O)SCCCC(=O)O)cc1. The predicted molar refractivity (Wildman–Crippen MR) is 134 cm³/mol.